The Morgan fingerprint density at radius 1 is 1.29 bits per heavy atom. The van der Waals surface area contributed by atoms with Gasteiger partial charge in [-0.3, -0.25) is 9.30 Å². The van der Waals surface area contributed by atoms with Crippen molar-refractivity contribution in [3.8, 4) is 0 Å². The van der Waals surface area contributed by atoms with Crippen LogP contribution in [0.1, 0.15) is 12.8 Å². The van der Waals surface area contributed by atoms with Crippen LogP contribution in [0.25, 0.3) is 5.65 Å². The summed E-state index contributed by atoms with van der Waals surface area (Å²) in [5, 5.41) is 8.00. The van der Waals surface area contributed by atoms with E-state index in [0.29, 0.717) is 12.6 Å². The molecule has 0 amide bonds. The summed E-state index contributed by atoms with van der Waals surface area (Å²) < 4.78 is 3.19. The Labute approximate surface area is 123 Å². The highest BCUT2D eigenvalue weighted by molar-refractivity contribution is 5.35. The molecule has 4 heterocycles. The highest BCUT2D eigenvalue weighted by Crippen LogP contribution is 2.24. The van der Waals surface area contributed by atoms with Crippen LogP contribution in [0.3, 0.4) is 0 Å². The van der Waals surface area contributed by atoms with Crippen molar-refractivity contribution in [2.24, 2.45) is 5.92 Å². The minimum absolute atomic E-state index is 0.0414. The molecular weight excluding hydrogens is 266 g/mol. The third-order valence-electron chi connectivity index (χ3n) is 4.79. The summed E-state index contributed by atoms with van der Waals surface area (Å²) in [7, 11) is 0. The van der Waals surface area contributed by atoms with Crippen molar-refractivity contribution in [3.63, 3.8) is 0 Å². The molecule has 0 aliphatic carbocycles. The number of hydrogen-bond acceptors (Lipinski definition) is 4. The average Bonchev–Trinajstić information content (AvgIpc) is 3.07. The van der Waals surface area contributed by atoms with E-state index < -0.39 is 0 Å². The predicted octanol–water partition coefficient (Wildman–Crippen LogP) is 0.180. The molecule has 0 aromatic carbocycles. The number of rotatable bonds is 3. The zero-order valence-electron chi connectivity index (χ0n) is 12.1. The van der Waals surface area contributed by atoms with Gasteiger partial charge in [-0.05, 0) is 37.4 Å². The van der Waals surface area contributed by atoms with Gasteiger partial charge in [-0.1, -0.05) is 6.07 Å². The normalized spacial score (nSPS) is 26.3. The summed E-state index contributed by atoms with van der Waals surface area (Å²) >= 11 is 0. The molecule has 0 radical (unpaired) electrons. The monoisotopic (exact) mass is 287 g/mol. The lowest BCUT2D eigenvalue weighted by atomic mass is 9.94. The average molecular weight is 287 g/mol. The second-order valence-corrected chi connectivity index (χ2v) is 6.16. The maximum absolute atomic E-state index is 12.2. The van der Waals surface area contributed by atoms with Crippen molar-refractivity contribution in [1.82, 2.24) is 24.4 Å². The van der Waals surface area contributed by atoms with Crippen LogP contribution in [0.4, 0.5) is 0 Å². The van der Waals surface area contributed by atoms with E-state index in [-0.39, 0.29) is 5.69 Å². The maximum Gasteiger partial charge on any atom is 0.350 e. The molecule has 0 bridgehead atoms. The van der Waals surface area contributed by atoms with Crippen molar-refractivity contribution in [1.29, 1.82) is 0 Å². The van der Waals surface area contributed by atoms with E-state index in [1.54, 1.807) is 15.3 Å². The number of piperidine rings is 1. The van der Waals surface area contributed by atoms with E-state index in [0.717, 1.165) is 37.7 Å². The standard InChI is InChI=1S/C15H21N5O/c21-15-19-7-2-1-5-14(19)17-20(15)9-8-18-10-12-4-3-6-16-13(12)11-18/h1-2,5,7,12-13,16H,3-4,6,8-11H2/t12-,13+/m0/s1. The summed E-state index contributed by atoms with van der Waals surface area (Å²) in [6.45, 7) is 4.98. The molecule has 2 fully saturated rings. The quantitative estimate of drug-likeness (QED) is 0.875. The first kappa shape index (κ1) is 13.0. The molecule has 6 heteroatoms. The zero-order valence-corrected chi connectivity index (χ0v) is 12.1. The van der Waals surface area contributed by atoms with E-state index in [1.807, 2.05) is 18.2 Å². The topological polar surface area (TPSA) is 54.6 Å². The lowest BCUT2D eigenvalue weighted by Crippen LogP contribution is -2.40. The van der Waals surface area contributed by atoms with Gasteiger partial charge in [-0.25, -0.2) is 9.48 Å². The molecule has 0 unspecified atom stereocenters. The van der Waals surface area contributed by atoms with Crippen molar-refractivity contribution >= 4 is 5.65 Å². The molecule has 21 heavy (non-hydrogen) atoms. The molecule has 2 aromatic heterocycles. The summed E-state index contributed by atoms with van der Waals surface area (Å²) in [6, 6.07) is 6.28. The van der Waals surface area contributed by atoms with Crippen LogP contribution in [0, 0.1) is 5.92 Å². The van der Waals surface area contributed by atoms with Gasteiger partial charge in [-0.15, -0.1) is 5.10 Å². The van der Waals surface area contributed by atoms with E-state index in [1.165, 1.54) is 12.8 Å². The minimum atomic E-state index is -0.0414. The zero-order chi connectivity index (χ0) is 14.2. The lowest BCUT2D eigenvalue weighted by molar-refractivity contribution is 0.299. The van der Waals surface area contributed by atoms with Gasteiger partial charge < -0.3 is 5.32 Å². The molecule has 1 N–H and O–H groups in total. The van der Waals surface area contributed by atoms with Crippen molar-refractivity contribution in [2.45, 2.75) is 25.4 Å². The summed E-state index contributed by atoms with van der Waals surface area (Å²) in [5.74, 6) is 0.788. The van der Waals surface area contributed by atoms with Crippen LogP contribution in [-0.4, -0.2) is 51.3 Å². The number of pyridine rings is 1. The van der Waals surface area contributed by atoms with E-state index in [9.17, 15) is 4.79 Å². The van der Waals surface area contributed by atoms with Gasteiger partial charge in [0.2, 0.25) is 0 Å². The molecule has 0 spiro atoms. The van der Waals surface area contributed by atoms with Gasteiger partial charge in [-0.2, -0.15) is 0 Å². The van der Waals surface area contributed by atoms with Gasteiger partial charge in [0.15, 0.2) is 5.65 Å². The molecule has 2 atom stereocenters. The van der Waals surface area contributed by atoms with Gasteiger partial charge in [0.1, 0.15) is 0 Å². The third-order valence-corrected chi connectivity index (χ3v) is 4.79. The Hall–Kier alpha value is -1.66. The van der Waals surface area contributed by atoms with Crippen molar-refractivity contribution < 1.29 is 0 Å². The Morgan fingerprint density at radius 3 is 3.10 bits per heavy atom. The number of nitrogens with one attached hydrogen (secondary N) is 1. The smallest absolute Gasteiger partial charge is 0.312 e. The minimum Gasteiger partial charge on any atom is -0.312 e. The number of fused-ring (bicyclic) bond motifs is 2. The molecule has 2 aliphatic heterocycles. The van der Waals surface area contributed by atoms with Crippen molar-refractivity contribution in [2.75, 3.05) is 26.2 Å². The fourth-order valence-corrected chi connectivity index (χ4v) is 3.67. The van der Waals surface area contributed by atoms with Gasteiger partial charge in [0, 0.05) is 31.9 Å². The Kier molecular flexibility index (Phi) is 3.27. The van der Waals surface area contributed by atoms with Crippen LogP contribution in [0.2, 0.25) is 0 Å². The molecule has 6 nitrogen and oxygen atoms in total. The highest BCUT2D eigenvalue weighted by atomic mass is 16.2. The molecular formula is C15H21N5O. The van der Waals surface area contributed by atoms with Gasteiger partial charge >= 0.3 is 5.69 Å². The van der Waals surface area contributed by atoms with Crippen LogP contribution in [-0.2, 0) is 6.54 Å². The van der Waals surface area contributed by atoms with Gasteiger partial charge in [0.25, 0.3) is 0 Å². The van der Waals surface area contributed by atoms with Crippen molar-refractivity contribution in [3.05, 3.63) is 34.9 Å². The fourth-order valence-electron chi connectivity index (χ4n) is 3.67. The lowest BCUT2D eigenvalue weighted by Gasteiger charge is -2.24. The van der Waals surface area contributed by atoms with Crippen LogP contribution in [0.15, 0.2) is 29.2 Å². The number of likely N-dealkylation sites (tertiary alicyclic amines) is 1. The summed E-state index contributed by atoms with van der Waals surface area (Å²) in [5.41, 5.74) is 0.680. The second-order valence-electron chi connectivity index (χ2n) is 6.16. The van der Waals surface area contributed by atoms with E-state index in [4.69, 9.17) is 0 Å². The van der Waals surface area contributed by atoms with Crippen LogP contribution >= 0.6 is 0 Å². The largest absolute Gasteiger partial charge is 0.350 e. The molecule has 2 saturated heterocycles. The highest BCUT2D eigenvalue weighted by Gasteiger charge is 2.33. The Bertz CT molecular complexity index is 677. The number of aromatic nitrogens is 3. The second kappa shape index (κ2) is 5.27. The number of nitrogens with zero attached hydrogens (tertiary/aromatic N) is 4. The first-order valence-corrected chi connectivity index (χ1v) is 7.81. The molecule has 2 aliphatic rings. The molecule has 112 valence electrons. The first-order chi connectivity index (χ1) is 10.3. The van der Waals surface area contributed by atoms with Gasteiger partial charge in [0.05, 0.1) is 6.54 Å². The first-order valence-electron chi connectivity index (χ1n) is 7.81. The third kappa shape index (κ3) is 2.38. The summed E-state index contributed by atoms with van der Waals surface area (Å²) in [4.78, 5) is 14.7. The predicted molar refractivity (Wildman–Crippen MR) is 80.4 cm³/mol. The molecule has 0 saturated carbocycles. The molecule has 2 aromatic rings. The van der Waals surface area contributed by atoms with Crippen LogP contribution < -0.4 is 11.0 Å². The van der Waals surface area contributed by atoms with E-state index >= 15 is 0 Å². The molecule has 4 rings (SSSR count). The number of hydrogen-bond donors (Lipinski definition) is 1. The van der Waals surface area contributed by atoms with Crippen LogP contribution in [0.5, 0.6) is 0 Å². The van der Waals surface area contributed by atoms with E-state index in [2.05, 4.69) is 15.3 Å². The Balaban J connectivity index is 1.44. The maximum atomic E-state index is 12.2. The summed E-state index contributed by atoms with van der Waals surface area (Å²) in [6.07, 6.45) is 4.40. The fraction of sp³-hybridized carbons (Fsp3) is 0.600. The Morgan fingerprint density at radius 2 is 2.24 bits per heavy atom. The SMILES string of the molecule is O=c1n(CCN2C[C@@H]3CCCN[C@@H]3C2)nc2ccccn12.